The van der Waals surface area contributed by atoms with Gasteiger partial charge in [-0.05, 0) is 44.0 Å². The smallest absolute Gasteiger partial charge is 0.126 e. The molecule has 0 aliphatic rings. The highest BCUT2D eigenvalue weighted by atomic mass is 14.8. The van der Waals surface area contributed by atoms with Crippen molar-refractivity contribution < 1.29 is 0 Å². The zero-order valence-corrected chi connectivity index (χ0v) is 8.96. The molecule has 1 heterocycles. The van der Waals surface area contributed by atoms with Crippen LogP contribution in [-0.2, 0) is 6.42 Å². The zero-order chi connectivity index (χ0) is 10.4. The van der Waals surface area contributed by atoms with Crippen molar-refractivity contribution >= 4 is 5.82 Å². The monoisotopic (exact) mass is 193 g/mol. The third kappa shape index (κ3) is 3.34. The Morgan fingerprint density at radius 3 is 3.00 bits per heavy atom. The van der Waals surface area contributed by atoms with Crippen LogP contribution >= 0.6 is 0 Å². The van der Waals surface area contributed by atoms with Crippen LogP contribution < -0.4 is 11.1 Å². The first-order chi connectivity index (χ1) is 6.74. The van der Waals surface area contributed by atoms with Gasteiger partial charge in [0.25, 0.3) is 0 Å². The van der Waals surface area contributed by atoms with Crippen LogP contribution in [0.2, 0.25) is 0 Å². The lowest BCUT2D eigenvalue weighted by atomic mass is 10.0. The average molecular weight is 193 g/mol. The number of pyridine rings is 1. The highest BCUT2D eigenvalue weighted by Crippen LogP contribution is 2.12. The van der Waals surface area contributed by atoms with Crippen molar-refractivity contribution in [1.29, 1.82) is 0 Å². The van der Waals surface area contributed by atoms with Crippen molar-refractivity contribution in [3.05, 3.63) is 23.9 Å². The molecule has 1 aromatic rings. The maximum absolute atomic E-state index is 5.75. The van der Waals surface area contributed by atoms with Crippen molar-refractivity contribution in [2.75, 3.05) is 19.3 Å². The van der Waals surface area contributed by atoms with Crippen LogP contribution in [0.1, 0.15) is 18.9 Å². The molecule has 0 bridgehead atoms. The molecule has 1 unspecified atom stereocenters. The van der Waals surface area contributed by atoms with E-state index in [1.165, 1.54) is 0 Å². The summed E-state index contributed by atoms with van der Waals surface area (Å²) in [7, 11) is 1.98. The summed E-state index contributed by atoms with van der Waals surface area (Å²) in [6.45, 7) is 3.29. The molecule has 0 saturated heterocycles. The van der Waals surface area contributed by atoms with Crippen LogP contribution in [-0.4, -0.2) is 18.6 Å². The fourth-order valence-electron chi connectivity index (χ4n) is 1.51. The molecule has 78 valence electrons. The number of anilines is 1. The van der Waals surface area contributed by atoms with Gasteiger partial charge in [0.05, 0.1) is 0 Å². The predicted molar refractivity (Wildman–Crippen MR) is 60.1 cm³/mol. The van der Waals surface area contributed by atoms with Crippen molar-refractivity contribution in [2.24, 2.45) is 5.92 Å². The Kier molecular flexibility index (Phi) is 4.40. The van der Waals surface area contributed by atoms with Crippen LogP contribution in [0.5, 0.6) is 0 Å². The highest BCUT2D eigenvalue weighted by Gasteiger charge is 2.03. The van der Waals surface area contributed by atoms with Crippen LogP contribution in [0.3, 0.4) is 0 Å². The van der Waals surface area contributed by atoms with E-state index in [9.17, 15) is 0 Å². The van der Waals surface area contributed by atoms with E-state index in [1.807, 2.05) is 13.1 Å². The van der Waals surface area contributed by atoms with Gasteiger partial charge >= 0.3 is 0 Å². The topological polar surface area (TPSA) is 50.9 Å². The number of nitrogens with one attached hydrogen (secondary N) is 1. The Labute approximate surface area is 85.7 Å². The summed E-state index contributed by atoms with van der Waals surface area (Å²) < 4.78 is 0. The molecule has 0 aromatic carbocycles. The largest absolute Gasteiger partial charge is 0.383 e. The van der Waals surface area contributed by atoms with Gasteiger partial charge in [0, 0.05) is 6.20 Å². The van der Waals surface area contributed by atoms with Crippen LogP contribution in [0.15, 0.2) is 18.3 Å². The summed E-state index contributed by atoms with van der Waals surface area (Å²) in [6, 6.07) is 3.99. The van der Waals surface area contributed by atoms with Gasteiger partial charge in [-0.15, -0.1) is 0 Å². The first kappa shape index (κ1) is 11.0. The van der Waals surface area contributed by atoms with E-state index >= 15 is 0 Å². The summed E-state index contributed by atoms with van der Waals surface area (Å²) >= 11 is 0. The molecule has 0 spiro atoms. The van der Waals surface area contributed by atoms with Gasteiger partial charge in [-0.1, -0.05) is 13.0 Å². The van der Waals surface area contributed by atoms with Gasteiger partial charge in [0.1, 0.15) is 5.82 Å². The average Bonchev–Trinajstić information content (AvgIpc) is 2.17. The quantitative estimate of drug-likeness (QED) is 0.744. The number of hydrogen-bond donors (Lipinski definition) is 2. The number of nitrogens with two attached hydrogens (primary N) is 1. The van der Waals surface area contributed by atoms with E-state index in [1.54, 1.807) is 6.20 Å². The molecule has 0 amide bonds. The van der Waals surface area contributed by atoms with E-state index in [-0.39, 0.29) is 0 Å². The van der Waals surface area contributed by atoms with Gasteiger partial charge in [-0.25, -0.2) is 4.98 Å². The minimum Gasteiger partial charge on any atom is -0.383 e. The standard InChI is InChI=1S/C11H19N3/c1-9(8-13-2)5-6-10-4-3-7-14-11(10)12/h3-4,7,9,13H,5-6,8H2,1-2H3,(H2,12,14). The van der Waals surface area contributed by atoms with E-state index in [0.29, 0.717) is 11.7 Å². The van der Waals surface area contributed by atoms with Gasteiger partial charge < -0.3 is 11.1 Å². The lowest BCUT2D eigenvalue weighted by molar-refractivity contribution is 0.505. The number of nitrogens with zero attached hydrogens (tertiary/aromatic N) is 1. The molecule has 3 nitrogen and oxygen atoms in total. The van der Waals surface area contributed by atoms with E-state index in [0.717, 1.165) is 24.9 Å². The number of rotatable bonds is 5. The third-order valence-corrected chi connectivity index (χ3v) is 2.39. The van der Waals surface area contributed by atoms with Crippen LogP contribution in [0.25, 0.3) is 0 Å². The molecule has 0 aliphatic carbocycles. The lowest BCUT2D eigenvalue weighted by Crippen LogP contribution is -2.16. The SMILES string of the molecule is CNCC(C)CCc1cccnc1N. The van der Waals surface area contributed by atoms with Gasteiger partial charge in [-0.3, -0.25) is 0 Å². The highest BCUT2D eigenvalue weighted by molar-refractivity contribution is 5.38. The second-order valence-corrected chi connectivity index (χ2v) is 3.75. The van der Waals surface area contributed by atoms with Crippen molar-refractivity contribution in [1.82, 2.24) is 10.3 Å². The number of aryl methyl sites for hydroxylation is 1. The molecule has 0 aliphatic heterocycles. The summed E-state index contributed by atoms with van der Waals surface area (Å²) in [6.07, 6.45) is 3.90. The summed E-state index contributed by atoms with van der Waals surface area (Å²) in [5.74, 6) is 1.35. The van der Waals surface area contributed by atoms with E-state index in [4.69, 9.17) is 5.73 Å². The fraction of sp³-hybridized carbons (Fsp3) is 0.545. The summed E-state index contributed by atoms with van der Waals surface area (Å²) in [5, 5.41) is 3.17. The zero-order valence-electron chi connectivity index (χ0n) is 8.96. The molecule has 0 radical (unpaired) electrons. The molecular formula is C11H19N3. The van der Waals surface area contributed by atoms with E-state index < -0.39 is 0 Å². The molecule has 1 atom stereocenters. The van der Waals surface area contributed by atoms with Crippen molar-refractivity contribution in [3.63, 3.8) is 0 Å². The lowest BCUT2D eigenvalue weighted by Gasteiger charge is -2.10. The molecule has 1 aromatic heterocycles. The molecule has 3 N–H and O–H groups in total. The molecule has 0 saturated carbocycles. The Bertz CT molecular complexity index is 273. The fourth-order valence-corrected chi connectivity index (χ4v) is 1.51. The second-order valence-electron chi connectivity index (χ2n) is 3.75. The maximum Gasteiger partial charge on any atom is 0.126 e. The van der Waals surface area contributed by atoms with Gasteiger partial charge in [0.15, 0.2) is 0 Å². The normalized spacial score (nSPS) is 12.7. The Hall–Kier alpha value is -1.09. The summed E-state index contributed by atoms with van der Waals surface area (Å²) in [4.78, 5) is 4.07. The van der Waals surface area contributed by atoms with Crippen LogP contribution in [0.4, 0.5) is 5.82 Å². The molecule has 0 fully saturated rings. The second kappa shape index (κ2) is 5.60. The number of aromatic nitrogens is 1. The Morgan fingerprint density at radius 2 is 2.36 bits per heavy atom. The number of hydrogen-bond acceptors (Lipinski definition) is 3. The van der Waals surface area contributed by atoms with Gasteiger partial charge in [-0.2, -0.15) is 0 Å². The molecule has 1 rings (SSSR count). The minimum absolute atomic E-state index is 0.671. The third-order valence-electron chi connectivity index (χ3n) is 2.39. The van der Waals surface area contributed by atoms with Gasteiger partial charge in [0.2, 0.25) is 0 Å². The van der Waals surface area contributed by atoms with Crippen molar-refractivity contribution in [2.45, 2.75) is 19.8 Å². The number of nitrogen functional groups attached to an aromatic ring is 1. The first-order valence-electron chi connectivity index (χ1n) is 5.08. The molecule has 3 heteroatoms. The predicted octanol–water partition coefficient (Wildman–Crippen LogP) is 1.45. The Morgan fingerprint density at radius 1 is 1.57 bits per heavy atom. The molecule has 14 heavy (non-hydrogen) atoms. The molecular weight excluding hydrogens is 174 g/mol. The first-order valence-corrected chi connectivity index (χ1v) is 5.08. The Balaban J connectivity index is 2.41. The summed E-state index contributed by atoms with van der Waals surface area (Å²) in [5.41, 5.74) is 6.92. The van der Waals surface area contributed by atoms with Crippen LogP contribution in [0, 0.1) is 5.92 Å². The van der Waals surface area contributed by atoms with Crippen molar-refractivity contribution in [3.8, 4) is 0 Å². The van der Waals surface area contributed by atoms with E-state index in [2.05, 4.69) is 23.3 Å². The minimum atomic E-state index is 0.671. The maximum atomic E-state index is 5.75.